The van der Waals surface area contributed by atoms with Gasteiger partial charge in [-0.2, -0.15) is 0 Å². The smallest absolute Gasteiger partial charge is 0.411 e. The van der Waals surface area contributed by atoms with Crippen LogP contribution in [0.2, 0.25) is 0 Å². The monoisotopic (exact) mass is 323 g/mol. The molecule has 0 spiro atoms. The van der Waals surface area contributed by atoms with Crippen molar-refractivity contribution >= 4 is 6.09 Å². The summed E-state index contributed by atoms with van der Waals surface area (Å²) in [6.45, 7) is 5.74. The molecule has 1 amide bonds. The van der Waals surface area contributed by atoms with Crippen LogP contribution >= 0.6 is 0 Å². The Hall–Kier alpha value is -2.29. The normalized spacial score (nSPS) is 20.9. The van der Waals surface area contributed by atoms with Crippen molar-refractivity contribution in [1.29, 1.82) is 0 Å². The maximum Gasteiger partial charge on any atom is 0.411 e. The molecule has 0 saturated carbocycles. The number of hydrogen-bond donors (Lipinski definition) is 0. The second-order valence-corrected chi connectivity index (χ2v) is 7.32. The van der Waals surface area contributed by atoms with E-state index in [-0.39, 0.29) is 18.2 Å². The van der Waals surface area contributed by atoms with Gasteiger partial charge >= 0.3 is 6.09 Å². The van der Waals surface area contributed by atoms with Gasteiger partial charge in [-0.25, -0.2) is 4.79 Å². The van der Waals surface area contributed by atoms with E-state index < -0.39 is 5.60 Å². The molecule has 3 heteroatoms. The zero-order valence-electron chi connectivity index (χ0n) is 14.6. The Morgan fingerprint density at radius 1 is 0.875 bits per heavy atom. The van der Waals surface area contributed by atoms with Gasteiger partial charge in [0.1, 0.15) is 5.60 Å². The molecule has 1 saturated heterocycles. The number of benzene rings is 2. The van der Waals surface area contributed by atoms with Crippen LogP contribution in [-0.2, 0) is 4.74 Å². The van der Waals surface area contributed by atoms with Crippen LogP contribution in [-0.4, -0.2) is 16.6 Å². The van der Waals surface area contributed by atoms with Crippen molar-refractivity contribution in [3.05, 3.63) is 71.8 Å². The number of carbonyl (C=O) groups excluding carboxylic acids is 1. The zero-order valence-corrected chi connectivity index (χ0v) is 14.6. The highest BCUT2D eigenvalue weighted by Gasteiger charge is 2.40. The fourth-order valence-electron chi connectivity index (χ4n) is 3.39. The summed E-state index contributed by atoms with van der Waals surface area (Å²) in [6.07, 6.45) is 1.66. The number of amides is 1. The summed E-state index contributed by atoms with van der Waals surface area (Å²) in [5.41, 5.74) is 1.84. The predicted molar refractivity (Wildman–Crippen MR) is 95.7 cm³/mol. The number of ether oxygens (including phenoxy) is 1. The second-order valence-electron chi connectivity index (χ2n) is 7.32. The van der Waals surface area contributed by atoms with Gasteiger partial charge in [0.15, 0.2) is 0 Å². The van der Waals surface area contributed by atoms with Crippen molar-refractivity contribution in [3.63, 3.8) is 0 Å². The van der Waals surface area contributed by atoms with E-state index in [2.05, 4.69) is 24.3 Å². The van der Waals surface area contributed by atoms with E-state index in [0.717, 1.165) is 12.8 Å². The zero-order chi connectivity index (χ0) is 17.2. The minimum absolute atomic E-state index is 0.0613. The van der Waals surface area contributed by atoms with Crippen LogP contribution < -0.4 is 0 Å². The SMILES string of the molecule is CC(C)(C)OC(=O)N1C(c2ccccc2)CCC1c1ccccc1. The highest BCUT2D eigenvalue weighted by molar-refractivity contribution is 5.70. The largest absolute Gasteiger partial charge is 0.444 e. The lowest BCUT2D eigenvalue weighted by atomic mass is 10.0. The van der Waals surface area contributed by atoms with Gasteiger partial charge in [0.25, 0.3) is 0 Å². The lowest BCUT2D eigenvalue weighted by Crippen LogP contribution is -2.37. The summed E-state index contributed by atoms with van der Waals surface area (Å²) in [5.74, 6) is 0. The van der Waals surface area contributed by atoms with Crippen molar-refractivity contribution in [2.45, 2.75) is 51.3 Å². The van der Waals surface area contributed by atoms with Crippen LogP contribution in [0.5, 0.6) is 0 Å². The van der Waals surface area contributed by atoms with E-state index in [1.165, 1.54) is 11.1 Å². The molecule has 3 rings (SSSR count). The third kappa shape index (κ3) is 3.61. The van der Waals surface area contributed by atoms with Crippen molar-refractivity contribution in [3.8, 4) is 0 Å². The first-order chi connectivity index (χ1) is 11.5. The molecule has 1 aliphatic heterocycles. The van der Waals surface area contributed by atoms with Crippen LogP contribution in [0.25, 0.3) is 0 Å². The summed E-state index contributed by atoms with van der Waals surface area (Å²) < 4.78 is 5.71. The Kier molecular flexibility index (Phi) is 4.61. The molecule has 3 nitrogen and oxygen atoms in total. The Labute approximate surface area is 144 Å². The molecular weight excluding hydrogens is 298 g/mol. The highest BCUT2D eigenvalue weighted by atomic mass is 16.6. The summed E-state index contributed by atoms with van der Waals surface area (Å²) >= 11 is 0. The minimum Gasteiger partial charge on any atom is -0.444 e. The molecule has 0 radical (unpaired) electrons. The average molecular weight is 323 g/mol. The second kappa shape index (κ2) is 6.68. The molecule has 1 heterocycles. The maximum atomic E-state index is 12.9. The molecular formula is C21H25NO2. The van der Waals surface area contributed by atoms with Gasteiger partial charge in [0.05, 0.1) is 12.1 Å². The molecule has 0 bridgehead atoms. The topological polar surface area (TPSA) is 29.5 Å². The van der Waals surface area contributed by atoms with Crippen LogP contribution in [0.1, 0.15) is 56.8 Å². The van der Waals surface area contributed by atoms with Crippen molar-refractivity contribution < 1.29 is 9.53 Å². The Morgan fingerprint density at radius 3 is 1.67 bits per heavy atom. The van der Waals surface area contributed by atoms with E-state index in [9.17, 15) is 4.79 Å². The fraction of sp³-hybridized carbons (Fsp3) is 0.381. The number of hydrogen-bond acceptors (Lipinski definition) is 2. The molecule has 126 valence electrons. The van der Waals surface area contributed by atoms with Crippen molar-refractivity contribution in [2.24, 2.45) is 0 Å². The Balaban J connectivity index is 1.94. The summed E-state index contributed by atoms with van der Waals surface area (Å²) in [5, 5.41) is 0. The highest BCUT2D eigenvalue weighted by Crippen LogP contribution is 2.44. The number of rotatable bonds is 2. The van der Waals surface area contributed by atoms with Gasteiger partial charge in [-0.3, -0.25) is 4.90 Å². The van der Waals surface area contributed by atoms with Crippen LogP contribution in [0.4, 0.5) is 4.79 Å². The number of carbonyl (C=O) groups is 1. The van der Waals surface area contributed by atoms with Gasteiger partial charge in [-0.05, 0) is 44.7 Å². The third-order valence-corrected chi connectivity index (χ3v) is 4.36. The van der Waals surface area contributed by atoms with Gasteiger partial charge in [-0.1, -0.05) is 60.7 Å². The molecule has 2 atom stereocenters. The molecule has 1 fully saturated rings. The average Bonchev–Trinajstić information content (AvgIpc) is 3.00. The summed E-state index contributed by atoms with van der Waals surface area (Å²) in [6, 6.07) is 20.6. The van der Waals surface area contributed by atoms with Gasteiger partial charge in [0.2, 0.25) is 0 Å². The molecule has 2 aromatic rings. The predicted octanol–water partition coefficient (Wildman–Crippen LogP) is 5.50. The van der Waals surface area contributed by atoms with E-state index >= 15 is 0 Å². The lowest BCUT2D eigenvalue weighted by Gasteiger charge is -2.33. The van der Waals surface area contributed by atoms with Gasteiger partial charge in [0, 0.05) is 0 Å². The lowest BCUT2D eigenvalue weighted by molar-refractivity contribution is 0.0141. The van der Waals surface area contributed by atoms with Crippen LogP contribution in [0.15, 0.2) is 60.7 Å². The third-order valence-electron chi connectivity index (χ3n) is 4.36. The van der Waals surface area contributed by atoms with Gasteiger partial charge < -0.3 is 4.74 Å². The maximum absolute atomic E-state index is 12.9. The van der Waals surface area contributed by atoms with Crippen LogP contribution in [0.3, 0.4) is 0 Å². The summed E-state index contributed by atoms with van der Waals surface area (Å²) in [4.78, 5) is 14.9. The van der Waals surface area contributed by atoms with Gasteiger partial charge in [-0.15, -0.1) is 0 Å². The minimum atomic E-state index is -0.498. The van der Waals surface area contributed by atoms with E-state index in [4.69, 9.17) is 4.74 Å². The molecule has 1 aliphatic rings. The molecule has 0 aliphatic carbocycles. The van der Waals surface area contributed by atoms with Crippen molar-refractivity contribution in [2.75, 3.05) is 0 Å². The summed E-state index contributed by atoms with van der Waals surface area (Å²) in [7, 11) is 0. The van der Waals surface area contributed by atoms with Crippen LogP contribution in [0, 0.1) is 0 Å². The Bertz CT molecular complexity index is 628. The van der Waals surface area contributed by atoms with E-state index in [1.807, 2.05) is 62.1 Å². The first-order valence-electron chi connectivity index (χ1n) is 8.57. The Morgan fingerprint density at radius 2 is 1.29 bits per heavy atom. The standard InChI is InChI=1S/C21H25NO2/c1-21(2,3)24-20(23)22-18(16-10-6-4-7-11-16)14-15-19(22)17-12-8-5-9-13-17/h4-13,18-19H,14-15H2,1-3H3. The number of likely N-dealkylation sites (tertiary alicyclic amines) is 1. The molecule has 0 aromatic heterocycles. The molecule has 0 N–H and O–H groups in total. The van der Waals surface area contributed by atoms with E-state index in [0.29, 0.717) is 0 Å². The first kappa shape index (κ1) is 16.6. The van der Waals surface area contributed by atoms with Crippen molar-refractivity contribution in [1.82, 2.24) is 4.90 Å². The van der Waals surface area contributed by atoms with E-state index in [1.54, 1.807) is 0 Å². The molecule has 2 unspecified atom stereocenters. The molecule has 24 heavy (non-hydrogen) atoms. The quantitative estimate of drug-likeness (QED) is 0.730. The fourth-order valence-corrected chi connectivity index (χ4v) is 3.39. The number of nitrogens with zero attached hydrogens (tertiary/aromatic N) is 1. The molecule has 2 aromatic carbocycles. The first-order valence-corrected chi connectivity index (χ1v) is 8.57.